The summed E-state index contributed by atoms with van der Waals surface area (Å²) in [6.07, 6.45) is 2.19. The zero-order valence-corrected chi connectivity index (χ0v) is 12.8. The van der Waals surface area contributed by atoms with E-state index in [1.54, 1.807) is 0 Å². The van der Waals surface area contributed by atoms with Crippen LogP contribution in [0.3, 0.4) is 0 Å². The summed E-state index contributed by atoms with van der Waals surface area (Å²) in [5, 5.41) is 22.7. The van der Waals surface area contributed by atoms with Gasteiger partial charge in [0.2, 0.25) is 0 Å². The fourth-order valence-electron chi connectivity index (χ4n) is 2.44. The predicted octanol–water partition coefficient (Wildman–Crippen LogP) is 2.71. The molecule has 3 N–H and O–H groups in total. The van der Waals surface area contributed by atoms with Crippen LogP contribution in [0.2, 0.25) is 0 Å². The highest BCUT2D eigenvalue weighted by Gasteiger charge is 2.35. The SMILES string of the molecule is O=C(O)C1CCC(O)(CNc2ccccc2I)CC1. The van der Waals surface area contributed by atoms with Crippen LogP contribution in [0.1, 0.15) is 25.7 Å². The van der Waals surface area contributed by atoms with E-state index in [0.717, 1.165) is 9.26 Å². The monoisotopic (exact) mass is 375 g/mol. The van der Waals surface area contributed by atoms with Gasteiger partial charge in [-0.05, 0) is 60.4 Å². The molecule has 0 aliphatic heterocycles. The summed E-state index contributed by atoms with van der Waals surface area (Å²) in [6.45, 7) is 0.472. The summed E-state index contributed by atoms with van der Waals surface area (Å²) in [5.41, 5.74) is 0.224. The van der Waals surface area contributed by atoms with Gasteiger partial charge in [0.05, 0.1) is 11.5 Å². The number of carbonyl (C=O) groups is 1. The van der Waals surface area contributed by atoms with Crippen LogP contribution in [0.4, 0.5) is 5.69 Å². The lowest BCUT2D eigenvalue weighted by atomic mass is 9.79. The number of rotatable bonds is 4. The van der Waals surface area contributed by atoms with Crippen LogP contribution >= 0.6 is 22.6 Å². The van der Waals surface area contributed by atoms with E-state index in [4.69, 9.17) is 5.11 Å². The second-order valence-electron chi connectivity index (χ2n) is 5.17. The lowest BCUT2D eigenvalue weighted by Gasteiger charge is -2.35. The molecule has 104 valence electrons. The third-order valence-electron chi connectivity index (χ3n) is 3.75. The number of anilines is 1. The Kier molecular flexibility index (Phi) is 4.67. The van der Waals surface area contributed by atoms with E-state index < -0.39 is 11.6 Å². The van der Waals surface area contributed by atoms with Crippen LogP contribution in [0.25, 0.3) is 0 Å². The van der Waals surface area contributed by atoms with Crippen LogP contribution in [0.5, 0.6) is 0 Å². The van der Waals surface area contributed by atoms with Crippen molar-refractivity contribution in [3.05, 3.63) is 27.8 Å². The van der Waals surface area contributed by atoms with Gasteiger partial charge >= 0.3 is 5.97 Å². The minimum atomic E-state index is -0.787. The molecule has 2 rings (SSSR count). The topological polar surface area (TPSA) is 69.6 Å². The van der Waals surface area contributed by atoms with Crippen LogP contribution in [0.15, 0.2) is 24.3 Å². The summed E-state index contributed by atoms with van der Waals surface area (Å²) in [6, 6.07) is 7.91. The largest absolute Gasteiger partial charge is 0.481 e. The number of hydrogen-bond acceptors (Lipinski definition) is 3. The first-order valence-corrected chi connectivity index (χ1v) is 7.52. The van der Waals surface area contributed by atoms with Gasteiger partial charge < -0.3 is 15.5 Å². The van der Waals surface area contributed by atoms with Gasteiger partial charge in [-0.25, -0.2) is 0 Å². The summed E-state index contributed by atoms with van der Waals surface area (Å²) in [5.74, 6) is -1.04. The smallest absolute Gasteiger partial charge is 0.306 e. The van der Waals surface area contributed by atoms with Crippen LogP contribution in [-0.2, 0) is 4.79 Å². The van der Waals surface area contributed by atoms with E-state index in [0.29, 0.717) is 32.2 Å². The van der Waals surface area contributed by atoms with Crippen LogP contribution < -0.4 is 5.32 Å². The molecule has 1 fully saturated rings. The van der Waals surface area contributed by atoms with Gasteiger partial charge in [-0.3, -0.25) is 4.79 Å². The first kappa shape index (κ1) is 14.6. The van der Waals surface area contributed by atoms with E-state index in [9.17, 15) is 9.90 Å². The molecule has 0 bridgehead atoms. The van der Waals surface area contributed by atoms with Crippen molar-refractivity contribution in [3.8, 4) is 0 Å². The lowest BCUT2D eigenvalue weighted by molar-refractivity contribution is -0.144. The van der Waals surface area contributed by atoms with Crippen molar-refractivity contribution in [2.45, 2.75) is 31.3 Å². The number of nitrogens with one attached hydrogen (secondary N) is 1. The maximum Gasteiger partial charge on any atom is 0.306 e. The Morgan fingerprint density at radius 1 is 1.37 bits per heavy atom. The molecule has 0 atom stereocenters. The van der Waals surface area contributed by atoms with E-state index in [-0.39, 0.29) is 5.92 Å². The van der Waals surface area contributed by atoms with Crippen molar-refractivity contribution in [1.82, 2.24) is 0 Å². The van der Waals surface area contributed by atoms with E-state index in [1.807, 2.05) is 24.3 Å². The fourth-order valence-corrected chi connectivity index (χ4v) is 3.02. The highest BCUT2D eigenvalue weighted by Crippen LogP contribution is 2.32. The van der Waals surface area contributed by atoms with Gasteiger partial charge in [-0.1, -0.05) is 12.1 Å². The van der Waals surface area contributed by atoms with Crippen molar-refractivity contribution >= 4 is 34.2 Å². The molecule has 4 nitrogen and oxygen atoms in total. The summed E-state index contributed by atoms with van der Waals surface area (Å²) >= 11 is 2.25. The highest BCUT2D eigenvalue weighted by molar-refractivity contribution is 14.1. The lowest BCUT2D eigenvalue weighted by Crippen LogP contribution is -2.41. The third kappa shape index (κ3) is 3.82. The highest BCUT2D eigenvalue weighted by atomic mass is 127. The van der Waals surface area contributed by atoms with Crippen molar-refractivity contribution in [2.24, 2.45) is 5.92 Å². The fraction of sp³-hybridized carbons (Fsp3) is 0.500. The van der Waals surface area contributed by atoms with Gasteiger partial charge in [-0.2, -0.15) is 0 Å². The molecule has 1 aromatic carbocycles. The Morgan fingerprint density at radius 3 is 2.58 bits per heavy atom. The molecule has 5 heteroatoms. The molecule has 0 saturated heterocycles. The standard InChI is InChI=1S/C14H18INO3/c15-11-3-1-2-4-12(11)16-9-14(19)7-5-10(6-8-14)13(17)18/h1-4,10,16,19H,5-9H2,(H,17,18). The average molecular weight is 375 g/mol. The average Bonchev–Trinajstić information content (AvgIpc) is 2.38. The second-order valence-corrected chi connectivity index (χ2v) is 6.33. The van der Waals surface area contributed by atoms with Gasteiger partial charge in [-0.15, -0.1) is 0 Å². The second kappa shape index (κ2) is 6.09. The quantitative estimate of drug-likeness (QED) is 0.708. The third-order valence-corrected chi connectivity index (χ3v) is 4.69. The maximum atomic E-state index is 10.9. The van der Waals surface area contributed by atoms with Crippen LogP contribution in [-0.4, -0.2) is 28.3 Å². The molecule has 0 unspecified atom stereocenters. The molecule has 19 heavy (non-hydrogen) atoms. The molecule has 1 saturated carbocycles. The minimum Gasteiger partial charge on any atom is -0.481 e. The van der Waals surface area contributed by atoms with Crippen molar-refractivity contribution in [2.75, 3.05) is 11.9 Å². The Bertz CT molecular complexity index is 456. The number of benzene rings is 1. The molecular weight excluding hydrogens is 357 g/mol. The van der Waals surface area contributed by atoms with Gasteiger partial charge in [0.25, 0.3) is 0 Å². The Balaban J connectivity index is 1.90. The van der Waals surface area contributed by atoms with Crippen molar-refractivity contribution in [3.63, 3.8) is 0 Å². The summed E-state index contributed by atoms with van der Waals surface area (Å²) in [4.78, 5) is 10.9. The van der Waals surface area contributed by atoms with Crippen LogP contribution in [0, 0.1) is 9.49 Å². The van der Waals surface area contributed by atoms with Gasteiger partial charge in [0, 0.05) is 15.8 Å². The number of aliphatic carboxylic acids is 1. The van der Waals surface area contributed by atoms with E-state index >= 15 is 0 Å². The Morgan fingerprint density at radius 2 is 2.00 bits per heavy atom. The summed E-state index contributed by atoms with van der Waals surface area (Å²) in [7, 11) is 0. The first-order valence-electron chi connectivity index (χ1n) is 6.44. The molecule has 1 aliphatic rings. The summed E-state index contributed by atoms with van der Waals surface area (Å²) < 4.78 is 1.11. The number of para-hydroxylation sites is 1. The zero-order valence-electron chi connectivity index (χ0n) is 10.6. The molecule has 0 spiro atoms. The normalized spacial score (nSPS) is 26.9. The number of carboxylic acids is 1. The zero-order chi connectivity index (χ0) is 13.9. The van der Waals surface area contributed by atoms with Crippen molar-refractivity contribution < 1.29 is 15.0 Å². The maximum absolute atomic E-state index is 10.9. The Hall–Kier alpha value is -0.820. The number of halogens is 1. The van der Waals surface area contributed by atoms with E-state index in [1.165, 1.54) is 0 Å². The minimum absolute atomic E-state index is 0.294. The molecule has 1 aliphatic carbocycles. The number of carboxylic acid groups (broad SMARTS) is 1. The first-order chi connectivity index (χ1) is 9.00. The molecule has 0 radical (unpaired) electrons. The van der Waals surface area contributed by atoms with Crippen molar-refractivity contribution in [1.29, 1.82) is 0 Å². The number of aliphatic hydroxyl groups is 1. The number of hydrogen-bond donors (Lipinski definition) is 3. The van der Waals surface area contributed by atoms with E-state index in [2.05, 4.69) is 27.9 Å². The molecule has 1 aromatic rings. The molecular formula is C14H18INO3. The molecule has 0 heterocycles. The van der Waals surface area contributed by atoms with Gasteiger partial charge in [0.15, 0.2) is 0 Å². The Labute approximate surface area is 126 Å². The predicted molar refractivity (Wildman–Crippen MR) is 82.2 cm³/mol. The molecule has 0 aromatic heterocycles. The molecule has 0 amide bonds. The van der Waals surface area contributed by atoms with Gasteiger partial charge in [0.1, 0.15) is 0 Å².